The van der Waals surface area contributed by atoms with Crippen LogP contribution in [0.1, 0.15) is 17.0 Å². The molecule has 1 atom stereocenters. The van der Waals surface area contributed by atoms with Crippen LogP contribution in [0.2, 0.25) is 0 Å². The van der Waals surface area contributed by atoms with Crippen molar-refractivity contribution in [1.29, 1.82) is 0 Å². The van der Waals surface area contributed by atoms with E-state index in [1.54, 1.807) is 12.1 Å². The van der Waals surface area contributed by atoms with Gasteiger partial charge in [-0.15, -0.1) is 0 Å². The van der Waals surface area contributed by atoms with Gasteiger partial charge in [0.15, 0.2) is 0 Å². The minimum absolute atomic E-state index is 0.0899. The summed E-state index contributed by atoms with van der Waals surface area (Å²) >= 11 is 0. The van der Waals surface area contributed by atoms with Gasteiger partial charge in [0.25, 0.3) is 0 Å². The average Bonchev–Trinajstić information content (AvgIpc) is 3.09. The van der Waals surface area contributed by atoms with E-state index in [-0.39, 0.29) is 23.7 Å². The van der Waals surface area contributed by atoms with E-state index < -0.39 is 23.9 Å². The molecule has 0 saturated carbocycles. The van der Waals surface area contributed by atoms with Crippen LogP contribution >= 0.6 is 0 Å². The maximum atomic E-state index is 13.6. The van der Waals surface area contributed by atoms with Gasteiger partial charge in [-0.2, -0.15) is 0 Å². The fourth-order valence-electron chi connectivity index (χ4n) is 2.03. The molecule has 0 aliphatic carbocycles. The van der Waals surface area contributed by atoms with Crippen molar-refractivity contribution in [2.75, 3.05) is 6.61 Å². The lowest BCUT2D eigenvalue weighted by atomic mass is 10.1. The summed E-state index contributed by atoms with van der Waals surface area (Å²) in [6.45, 7) is 0.232. The van der Waals surface area contributed by atoms with Gasteiger partial charge in [-0.3, -0.25) is 0 Å². The highest BCUT2D eigenvalue weighted by Crippen LogP contribution is 2.25. The number of hydrogen-bond donors (Lipinski definition) is 0. The van der Waals surface area contributed by atoms with Crippen molar-refractivity contribution in [2.45, 2.75) is 12.5 Å². The molecule has 0 N–H and O–H groups in total. The van der Waals surface area contributed by atoms with E-state index in [9.17, 15) is 14.0 Å². The Morgan fingerprint density at radius 3 is 2.76 bits per heavy atom. The molecule has 5 nitrogen and oxygen atoms in total. The third-order valence-electron chi connectivity index (χ3n) is 3.08. The van der Waals surface area contributed by atoms with Crippen LogP contribution < -0.4 is 0 Å². The van der Waals surface area contributed by atoms with E-state index in [1.807, 2.05) is 0 Å². The van der Waals surface area contributed by atoms with Crippen molar-refractivity contribution < 1.29 is 27.9 Å². The molecule has 1 aromatic carbocycles. The Morgan fingerprint density at radius 2 is 2.05 bits per heavy atom. The number of esters is 2. The lowest BCUT2D eigenvalue weighted by Gasteiger charge is -2.06. The molecule has 1 aliphatic rings. The fourth-order valence-corrected chi connectivity index (χ4v) is 2.03. The summed E-state index contributed by atoms with van der Waals surface area (Å²) < 4.78 is 28.6. The molecule has 0 unspecified atom stereocenters. The van der Waals surface area contributed by atoms with Gasteiger partial charge in [0, 0.05) is 6.42 Å². The van der Waals surface area contributed by atoms with Crippen molar-refractivity contribution >= 4 is 11.9 Å². The number of carbonyl (C=O) groups excluding carboxylic acids is 2. The summed E-state index contributed by atoms with van der Waals surface area (Å²) in [7, 11) is 0. The second kappa shape index (κ2) is 5.40. The summed E-state index contributed by atoms with van der Waals surface area (Å²) in [5.41, 5.74) is 0.247. The van der Waals surface area contributed by atoms with Gasteiger partial charge in [-0.05, 0) is 24.3 Å². The summed E-state index contributed by atoms with van der Waals surface area (Å²) in [5.74, 6) is -1.67. The molecule has 21 heavy (non-hydrogen) atoms. The quantitative estimate of drug-likeness (QED) is 0.813. The van der Waals surface area contributed by atoms with E-state index in [4.69, 9.17) is 13.9 Å². The first kappa shape index (κ1) is 13.4. The average molecular weight is 290 g/mol. The first-order valence-corrected chi connectivity index (χ1v) is 6.37. The molecule has 2 aromatic rings. The Bertz CT molecular complexity index is 691. The molecule has 6 heteroatoms. The topological polar surface area (TPSA) is 65.7 Å². The van der Waals surface area contributed by atoms with Gasteiger partial charge in [-0.1, -0.05) is 12.1 Å². The minimum Gasteiger partial charge on any atom is -0.463 e. The smallest absolute Gasteiger partial charge is 0.375 e. The number of furan rings is 1. The van der Waals surface area contributed by atoms with Crippen LogP contribution in [0.5, 0.6) is 0 Å². The van der Waals surface area contributed by atoms with Crippen molar-refractivity contribution in [3.05, 3.63) is 48.0 Å². The highest BCUT2D eigenvalue weighted by molar-refractivity contribution is 5.89. The Kier molecular flexibility index (Phi) is 3.43. The Hall–Kier alpha value is -2.63. The number of halogens is 1. The monoisotopic (exact) mass is 290 g/mol. The normalized spacial score (nSPS) is 17.6. The standard InChI is InChI=1S/C15H11FO5/c16-10-4-2-1-3-9(10)11-5-6-12(20-11)15(18)21-13-7-8-19-14(13)17/h1-6,13H,7-8H2/t13-/m0/s1. The number of carbonyl (C=O) groups is 2. The highest BCUT2D eigenvalue weighted by atomic mass is 19.1. The summed E-state index contributed by atoms with van der Waals surface area (Å²) in [4.78, 5) is 23.1. The molecular weight excluding hydrogens is 279 g/mol. The lowest BCUT2D eigenvalue weighted by Crippen LogP contribution is -2.22. The molecular formula is C15H11FO5. The third-order valence-corrected chi connectivity index (χ3v) is 3.08. The number of rotatable bonds is 3. The summed E-state index contributed by atoms with van der Waals surface area (Å²) in [6.07, 6.45) is -0.578. The molecule has 2 heterocycles. The van der Waals surface area contributed by atoms with Crippen molar-refractivity contribution in [3.8, 4) is 11.3 Å². The number of ether oxygens (including phenoxy) is 2. The predicted octanol–water partition coefficient (Wildman–Crippen LogP) is 2.56. The second-order valence-corrected chi connectivity index (χ2v) is 4.49. The maximum absolute atomic E-state index is 13.6. The molecule has 108 valence electrons. The van der Waals surface area contributed by atoms with Gasteiger partial charge < -0.3 is 13.9 Å². The van der Waals surface area contributed by atoms with Crippen molar-refractivity contribution in [2.24, 2.45) is 0 Å². The van der Waals surface area contributed by atoms with Crippen LogP contribution in [0.3, 0.4) is 0 Å². The van der Waals surface area contributed by atoms with E-state index >= 15 is 0 Å². The van der Waals surface area contributed by atoms with E-state index in [2.05, 4.69) is 0 Å². The Balaban J connectivity index is 1.77. The van der Waals surface area contributed by atoms with Crippen LogP contribution in [0.15, 0.2) is 40.8 Å². The molecule has 3 rings (SSSR count). The highest BCUT2D eigenvalue weighted by Gasteiger charge is 2.31. The van der Waals surface area contributed by atoms with Gasteiger partial charge in [-0.25, -0.2) is 14.0 Å². The first-order valence-electron chi connectivity index (χ1n) is 6.37. The zero-order valence-corrected chi connectivity index (χ0v) is 10.9. The summed E-state index contributed by atoms with van der Waals surface area (Å²) in [5, 5.41) is 0. The van der Waals surface area contributed by atoms with Gasteiger partial charge >= 0.3 is 11.9 Å². The molecule has 1 fully saturated rings. The SMILES string of the molecule is O=C(O[C@H]1CCOC1=O)c1ccc(-c2ccccc2F)o1. The molecule has 0 radical (unpaired) electrons. The predicted molar refractivity (Wildman–Crippen MR) is 68.9 cm³/mol. The van der Waals surface area contributed by atoms with Gasteiger partial charge in [0.2, 0.25) is 11.9 Å². The zero-order valence-electron chi connectivity index (χ0n) is 10.9. The summed E-state index contributed by atoms with van der Waals surface area (Å²) in [6, 6.07) is 8.91. The van der Waals surface area contributed by atoms with Crippen LogP contribution in [0.25, 0.3) is 11.3 Å². The molecule has 0 amide bonds. The minimum atomic E-state index is -0.903. The number of hydrogen-bond acceptors (Lipinski definition) is 5. The van der Waals surface area contributed by atoms with Crippen LogP contribution in [-0.2, 0) is 14.3 Å². The molecule has 0 spiro atoms. The van der Waals surface area contributed by atoms with E-state index in [1.165, 1.54) is 24.3 Å². The third kappa shape index (κ3) is 2.65. The number of benzene rings is 1. The van der Waals surface area contributed by atoms with Crippen LogP contribution in [-0.4, -0.2) is 24.6 Å². The molecule has 0 bridgehead atoms. The Morgan fingerprint density at radius 1 is 1.24 bits per heavy atom. The van der Waals surface area contributed by atoms with Crippen molar-refractivity contribution in [1.82, 2.24) is 0 Å². The lowest BCUT2D eigenvalue weighted by molar-refractivity contribution is -0.145. The van der Waals surface area contributed by atoms with Crippen molar-refractivity contribution in [3.63, 3.8) is 0 Å². The first-order chi connectivity index (χ1) is 10.1. The van der Waals surface area contributed by atoms with Crippen LogP contribution in [0, 0.1) is 5.82 Å². The number of cyclic esters (lactones) is 1. The second-order valence-electron chi connectivity index (χ2n) is 4.49. The molecule has 1 aliphatic heterocycles. The van der Waals surface area contributed by atoms with E-state index in [0.717, 1.165) is 0 Å². The zero-order chi connectivity index (χ0) is 14.8. The molecule has 1 aromatic heterocycles. The van der Waals surface area contributed by atoms with E-state index in [0.29, 0.717) is 6.42 Å². The van der Waals surface area contributed by atoms with Gasteiger partial charge in [0.05, 0.1) is 12.2 Å². The maximum Gasteiger partial charge on any atom is 0.375 e. The van der Waals surface area contributed by atoms with Crippen LogP contribution in [0.4, 0.5) is 4.39 Å². The largest absolute Gasteiger partial charge is 0.463 e. The fraction of sp³-hybridized carbons (Fsp3) is 0.200. The Labute approximate surface area is 119 Å². The molecule has 1 saturated heterocycles. The van der Waals surface area contributed by atoms with Gasteiger partial charge in [0.1, 0.15) is 11.6 Å².